The third kappa shape index (κ3) is 1.56. The predicted octanol–water partition coefficient (Wildman–Crippen LogP) is -0.992. The van der Waals surface area contributed by atoms with Crippen LogP contribution in [-0.2, 0) is 0 Å². The Hall–Kier alpha value is -0.970. The fourth-order valence-electron chi connectivity index (χ4n) is 5.38. The van der Waals surface area contributed by atoms with E-state index in [-0.39, 0.29) is 22.8 Å². The molecule has 0 saturated carbocycles. The first-order chi connectivity index (χ1) is 9.41. The highest BCUT2D eigenvalue weighted by Gasteiger charge is 2.67. The van der Waals surface area contributed by atoms with Crippen molar-refractivity contribution in [2.75, 3.05) is 26.2 Å². The molecular formula is C16H23FN2O+2. The molecule has 108 valence electrons. The van der Waals surface area contributed by atoms with Gasteiger partial charge in [0.25, 0.3) is 0 Å². The monoisotopic (exact) mass is 278 g/mol. The van der Waals surface area contributed by atoms with Crippen LogP contribution in [0.3, 0.4) is 0 Å². The summed E-state index contributed by atoms with van der Waals surface area (Å²) in [4.78, 5) is 3.11. The highest BCUT2D eigenvalue weighted by Crippen LogP contribution is 2.39. The van der Waals surface area contributed by atoms with Gasteiger partial charge in [0.2, 0.25) is 6.17 Å². The number of benzene rings is 1. The van der Waals surface area contributed by atoms with Crippen LogP contribution in [0.25, 0.3) is 0 Å². The summed E-state index contributed by atoms with van der Waals surface area (Å²) >= 11 is 0. The molecule has 0 atom stereocenters. The number of halogens is 1. The second-order valence-corrected chi connectivity index (χ2v) is 7.72. The van der Waals surface area contributed by atoms with Gasteiger partial charge in [0.15, 0.2) is 0 Å². The zero-order valence-corrected chi connectivity index (χ0v) is 12.1. The van der Waals surface area contributed by atoms with Gasteiger partial charge in [0.05, 0.1) is 48.7 Å². The van der Waals surface area contributed by atoms with Crippen molar-refractivity contribution in [3.05, 3.63) is 35.6 Å². The minimum atomic E-state index is -0.184. The average molecular weight is 278 g/mol. The fraction of sp³-hybridized carbons (Fsp3) is 0.625. The van der Waals surface area contributed by atoms with Crippen LogP contribution in [0.1, 0.15) is 25.6 Å². The summed E-state index contributed by atoms with van der Waals surface area (Å²) in [5.74, 6) is -0.165. The minimum absolute atomic E-state index is 0.0342. The molecule has 1 aromatic rings. The summed E-state index contributed by atoms with van der Waals surface area (Å²) in [6.45, 7) is 8.55. The van der Waals surface area contributed by atoms with Gasteiger partial charge in [0, 0.05) is 0 Å². The van der Waals surface area contributed by atoms with Crippen molar-refractivity contribution in [1.29, 1.82) is 0 Å². The molecule has 0 spiro atoms. The Bertz CT molecular complexity index is 506. The molecule has 4 fully saturated rings. The van der Waals surface area contributed by atoms with Crippen LogP contribution in [0.2, 0.25) is 0 Å². The van der Waals surface area contributed by atoms with Crippen molar-refractivity contribution in [2.45, 2.75) is 26.1 Å². The fourth-order valence-corrected chi connectivity index (χ4v) is 5.38. The molecule has 5 rings (SSSR count). The molecule has 4 aliphatic rings. The van der Waals surface area contributed by atoms with Gasteiger partial charge in [-0.25, -0.2) is 4.39 Å². The summed E-state index contributed by atoms with van der Waals surface area (Å²) in [5, 5.41) is 10.7. The molecule has 0 aliphatic carbocycles. The summed E-state index contributed by atoms with van der Waals surface area (Å²) in [6, 6.07) is 7.01. The van der Waals surface area contributed by atoms with Crippen LogP contribution in [-0.4, -0.2) is 37.4 Å². The van der Waals surface area contributed by atoms with E-state index in [1.54, 1.807) is 21.9 Å². The summed E-state index contributed by atoms with van der Waals surface area (Å²) < 4.78 is 13.1. The van der Waals surface area contributed by atoms with Crippen LogP contribution in [0.15, 0.2) is 24.3 Å². The van der Waals surface area contributed by atoms with Crippen molar-refractivity contribution in [3.8, 4) is 0 Å². The third-order valence-electron chi connectivity index (χ3n) is 5.86. The molecule has 20 heavy (non-hydrogen) atoms. The standard InChI is InChI=1S/C16H21FN2O/c1-15-7-18-9-16(2,14(15)20)10-19(8-15)13(18)11-3-5-12(17)6-4-11/h3-6,13-14,20H,7-10H2,1-2H3/p+2. The number of aliphatic hydroxyl groups excluding tert-OH is 1. The first-order valence-electron chi connectivity index (χ1n) is 7.54. The van der Waals surface area contributed by atoms with E-state index in [0.29, 0.717) is 6.17 Å². The van der Waals surface area contributed by atoms with Crippen LogP contribution in [0.4, 0.5) is 4.39 Å². The van der Waals surface area contributed by atoms with Crippen molar-refractivity contribution in [2.24, 2.45) is 10.8 Å². The van der Waals surface area contributed by atoms with Crippen LogP contribution < -0.4 is 9.80 Å². The van der Waals surface area contributed by atoms with Gasteiger partial charge in [-0.2, -0.15) is 0 Å². The zero-order chi connectivity index (χ0) is 14.1. The van der Waals surface area contributed by atoms with Gasteiger partial charge in [-0.05, 0) is 38.1 Å². The highest BCUT2D eigenvalue weighted by atomic mass is 19.1. The van der Waals surface area contributed by atoms with Crippen molar-refractivity contribution >= 4 is 0 Å². The number of hydrogen-bond acceptors (Lipinski definition) is 1. The maximum absolute atomic E-state index is 13.1. The summed E-state index contributed by atoms with van der Waals surface area (Å²) in [6.07, 6.45) is 0.223. The third-order valence-corrected chi connectivity index (χ3v) is 5.86. The first kappa shape index (κ1) is 12.7. The summed E-state index contributed by atoms with van der Waals surface area (Å²) in [5.41, 5.74) is 1.30. The highest BCUT2D eigenvalue weighted by molar-refractivity contribution is 5.18. The molecule has 1 aromatic carbocycles. The maximum atomic E-state index is 13.1. The molecule has 0 radical (unpaired) electrons. The molecule has 4 heteroatoms. The van der Waals surface area contributed by atoms with Crippen LogP contribution >= 0.6 is 0 Å². The first-order valence-corrected chi connectivity index (χ1v) is 7.54. The summed E-state index contributed by atoms with van der Waals surface area (Å²) in [7, 11) is 0. The molecule has 0 unspecified atom stereocenters. The van der Waals surface area contributed by atoms with E-state index in [4.69, 9.17) is 0 Å². The molecule has 4 bridgehead atoms. The van der Waals surface area contributed by atoms with Gasteiger partial charge in [-0.3, -0.25) is 9.80 Å². The lowest BCUT2D eigenvalue weighted by atomic mass is 9.60. The molecule has 0 amide bonds. The van der Waals surface area contributed by atoms with E-state index in [9.17, 15) is 9.50 Å². The Labute approximate surface area is 119 Å². The normalized spacial score (nSPS) is 49.6. The molecule has 3 N–H and O–H groups in total. The van der Waals surface area contributed by atoms with E-state index >= 15 is 0 Å². The van der Waals surface area contributed by atoms with E-state index in [1.807, 2.05) is 12.1 Å². The van der Waals surface area contributed by atoms with Gasteiger partial charge in [-0.1, -0.05) is 0 Å². The lowest BCUT2D eigenvalue weighted by molar-refractivity contribution is -1.19. The van der Waals surface area contributed by atoms with E-state index in [1.165, 1.54) is 5.56 Å². The number of piperidine rings is 2. The molecule has 4 heterocycles. The second-order valence-electron chi connectivity index (χ2n) is 7.72. The predicted molar refractivity (Wildman–Crippen MR) is 72.8 cm³/mol. The lowest BCUT2D eigenvalue weighted by Crippen LogP contribution is -3.41. The molecule has 3 nitrogen and oxygen atoms in total. The molecular weight excluding hydrogens is 255 g/mol. The minimum Gasteiger partial charge on any atom is -0.391 e. The average Bonchev–Trinajstić information content (AvgIpc) is 2.36. The van der Waals surface area contributed by atoms with Crippen molar-refractivity contribution < 1.29 is 19.3 Å². The second kappa shape index (κ2) is 3.81. The van der Waals surface area contributed by atoms with Crippen molar-refractivity contribution in [3.63, 3.8) is 0 Å². The van der Waals surface area contributed by atoms with Gasteiger partial charge >= 0.3 is 0 Å². The van der Waals surface area contributed by atoms with E-state index in [0.717, 1.165) is 26.2 Å². The topological polar surface area (TPSA) is 29.1 Å². The number of quaternary nitrogens is 2. The van der Waals surface area contributed by atoms with Gasteiger partial charge in [-0.15, -0.1) is 0 Å². The lowest BCUT2D eigenvalue weighted by Gasteiger charge is -2.62. The number of nitrogens with one attached hydrogen (secondary N) is 2. The van der Waals surface area contributed by atoms with Gasteiger partial charge < -0.3 is 5.11 Å². The van der Waals surface area contributed by atoms with Crippen LogP contribution in [0, 0.1) is 16.6 Å². The molecule has 4 aliphatic heterocycles. The number of rotatable bonds is 1. The Morgan fingerprint density at radius 3 is 1.90 bits per heavy atom. The Morgan fingerprint density at radius 2 is 1.45 bits per heavy atom. The molecule has 0 aromatic heterocycles. The number of aliphatic hydroxyl groups is 1. The van der Waals surface area contributed by atoms with Gasteiger partial charge in [0.1, 0.15) is 5.82 Å². The van der Waals surface area contributed by atoms with E-state index in [2.05, 4.69) is 13.8 Å². The largest absolute Gasteiger partial charge is 0.391 e. The number of hydrogen-bond donors (Lipinski definition) is 3. The Balaban J connectivity index is 1.72. The maximum Gasteiger partial charge on any atom is 0.240 e. The zero-order valence-electron chi connectivity index (χ0n) is 12.1. The van der Waals surface area contributed by atoms with Crippen LogP contribution in [0.5, 0.6) is 0 Å². The Kier molecular flexibility index (Phi) is 2.43. The Morgan fingerprint density at radius 1 is 1.00 bits per heavy atom. The smallest absolute Gasteiger partial charge is 0.240 e. The van der Waals surface area contributed by atoms with Crippen molar-refractivity contribution in [1.82, 2.24) is 0 Å². The quantitative estimate of drug-likeness (QED) is 0.605. The van der Waals surface area contributed by atoms with E-state index < -0.39 is 0 Å². The SMILES string of the molecule is CC12C[NH+]3CC(C)(C[NH+](C1)C3c1ccc(F)cc1)C2O. The molecule has 4 saturated heterocycles.